The molecule has 1 atom stereocenters. The van der Waals surface area contributed by atoms with Crippen molar-refractivity contribution >= 4 is 27.7 Å². The van der Waals surface area contributed by atoms with E-state index in [1.807, 2.05) is 0 Å². The minimum absolute atomic E-state index is 0.395. The summed E-state index contributed by atoms with van der Waals surface area (Å²) in [5.41, 5.74) is 0. The maximum absolute atomic E-state index is 10.4. The average Bonchev–Trinajstić information content (AvgIpc) is 1.63. The van der Waals surface area contributed by atoms with Crippen LogP contribution in [-0.2, 0) is 14.3 Å². The first-order chi connectivity index (χ1) is 4.04. The lowest BCUT2D eigenvalue weighted by Crippen LogP contribution is -2.16. The Bertz CT molecular complexity index is 130. The molecular weight excluding hydrogens is 188 g/mol. The topological polar surface area (TPSA) is 43.4 Å². The Balaban J connectivity index is 3.65. The van der Waals surface area contributed by atoms with Gasteiger partial charge in [-0.2, -0.15) is 0 Å². The van der Waals surface area contributed by atoms with Gasteiger partial charge in [-0.3, -0.25) is 4.79 Å². The predicted molar refractivity (Wildman–Crippen MR) is 35.2 cm³/mol. The van der Waals surface area contributed by atoms with Crippen LogP contribution in [0.25, 0.3) is 0 Å². The van der Waals surface area contributed by atoms with Crippen molar-refractivity contribution in [1.29, 1.82) is 0 Å². The van der Waals surface area contributed by atoms with Crippen molar-refractivity contribution in [2.45, 2.75) is 18.9 Å². The van der Waals surface area contributed by atoms with E-state index in [4.69, 9.17) is 0 Å². The highest BCUT2D eigenvalue weighted by molar-refractivity contribution is 9.09. The maximum atomic E-state index is 10.4. The summed E-state index contributed by atoms with van der Waals surface area (Å²) in [5.74, 6) is -1.39. The van der Waals surface area contributed by atoms with Gasteiger partial charge in [0.25, 0.3) is 0 Å². The van der Waals surface area contributed by atoms with Gasteiger partial charge in [0, 0.05) is 6.92 Å². The molecule has 0 aromatic heterocycles. The lowest BCUT2D eigenvalue weighted by Gasteiger charge is -2.01. The van der Waals surface area contributed by atoms with Gasteiger partial charge < -0.3 is 4.74 Å². The largest absolute Gasteiger partial charge is 0.445 e. The smallest absolute Gasteiger partial charge is 0.375 e. The Labute approximate surface area is 61.5 Å². The second kappa shape index (κ2) is 3.61. The van der Waals surface area contributed by atoms with E-state index in [9.17, 15) is 9.59 Å². The molecule has 0 aliphatic carbocycles. The fraction of sp³-hybridized carbons (Fsp3) is 0.600. The van der Waals surface area contributed by atoms with Crippen LogP contribution in [0.5, 0.6) is 0 Å². The average molecular weight is 195 g/mol. The highest BCUT2D eigenvalue weighted by atomic mass is 79.9. The molecule has 0 rings (SSSR count). The zero-order chi connectivity index (χ0) is 7.44. The number of esters is 1. The summed E-state index contributed by atoms with van der Waals surface area (Å²) in [6.07, 6.45) is 0. The fourth-order valence-corrected chi connectivity index (χ4v) is 0.400. The standard InChI is InChI=1S/C5H7BrO3/c1-3(7)5(8)9-4(2)6/h4H,1-2H3. The number of Topliss-reactive ketones (excluding diaryl/α,β-unsaturated/α-hetero) is 1. The summed E-state index contributed by atoms with van der Waals surface area (Å²) in [5, 5.41) is -0.395. The number of carbonyl (C=O) groups excluding carboxylic acids is 2. The van der Waals surface area contributed by atoms with Crippen molar-refractivity contribution in [3.8, 4) is 0 Å². The second-order valence-electron chi connectivity index (χ2n) is 1.50. The van der Waals surface area contributed by atoms with Gasteiger partial charge >= 0.3 is 5.97 Å². The van der Waals surface area contributed by atoms with Crippen LogP contribution in [0.4, 0.5) is 0 Å². The molecule has 0 bridgehead atoms. The summed E-state index contributed by atoms with van der Waals surface area (Å²) < 4.78 is 4.44. The van der Waals surface area contributed by atoms with Gasteiger partial charge in [-0.25, -0.2) is 4.79 Å². The van der Waals surface area contributed by atoms with Crippen LogP contribution in [0.2, 0.25) is 0 Å². The summed E-state index contributed by atoms with van der Waals surface area (Å²) in [7, 11) is 0. The molecule has 9 heavy (non-hydrogen) atoms. The monoisotopic (exact) mass is 194 g/mol. The number of alkyl halides is 1. The van der Waals surface area contributed by atoms with Gasteiger partial charge in [0.05, 0.1) is 0 Å². The van der Waals surface area contributed by atoms with Gasteiger partial charge in [0.1, 0.15) is 0 Å². The van der Waals surface area contributed by atoms with Crippen molar-refractivity contribution in [3.05, 3.63) is 0 Å². The lowest BCUT2D eigenvalue weighted by molar-refractivity contribution is -0.153. The van der Waals surface area contributed by atoms with Crippen molar-refractivity contribution in [3.63, 3.8) is 0 Å². The van der Waals surface area contributed by atoms with Gasteiger partial charge in [-0.1, -0.05) is 0 Å². The fourth-order valence-electron chi connectivity index (χ4n) is 0.230. The minimum Gasteiger partial charge on any atom is -0.445 e. The van der Waals surface area contributed by atoms with Crippen molar-refractivity contribution in [2.75, 3.05) is 0 Å². The number of hydrogen-bond acceptors (Lipinski definition) is 3. The Morgan fingerprint density at radius 2 is 2.00 bits per heavy atom. The number of hydrogen-bond donors (Lipinski definition) is 0. The predicted octanol–water partition coefficient (Wildman–Crippen LogP) is 0.859. The molecule has 0 heterocycles. The number of carbonyl (C=O) groups is 2. The highest BCUT2D eigenvalue weighted by Gasteiger charge is 2.10. The summed E-state index contributed by atoms with van der Waals surface area (Å²) in [6.45, 7) is 2.78. The van der Waals surface area contributed by atoms with Crippen LogP contribution in [-0.4, -0.2) is 16.8 Å². The SMILES string of the molecule is CC(=O)C(=O)OC(C)Br. The molecule has 0 saturated heterocycles. The number of halogens is 1. The van der Waals surface area contributed by atoms with Crippen molar-refractivity contribution in [1.82, 2.24) is 0 Å². The van der Waals surface area contributed by atoms with Crippen LogP contribution in [0.3, 0.4) is 0 Å². The third-order valence-corrected chi connectivity index (χ3v) is 0.744. The van der Waals surface area contributed by atoms with Gasteiger partial charge in [0.15, 0.2) is 5.01 Å². The van der Waals surface area contributed by atoms with Gasteiger partial charge in [0.2, 0.25) is 5.78 Å². The second-order valence-corrected chi connectivity index (χ2v) is 2.79. The number of ketones is 1. The maximum Gasteiger partial charge on any atom is 0.375 e. The molecule has 0 fully saturated rings. The van der Waals surface area contributed by atoms with E-state index in [-0.39, 0.29) is 0 Å². The molecule has 0 aliphatic rings. The minimum atomic E-state index is -0.806. The Kier molecular flexibility index (Phi) is 3.46. The first-order valence-electron chi connectivity index (χ1n) is 2.39. The van der Waals surface area contributed by atoms with Crippen molar-refractivity contribution < 1.29 is 14.3 Å². The van der Waals surface area contributed by atoms with E-state index in [1.165, 1.54) is 0 Å². The zero-order valence-corrected chi connectivity index (χ0v) is 6.77. The molecule has 0 radical (unpaired) electrons. The molecule has 0 amide bonds. The summed E-state index contributed by atoms with van der Waals surface area (Å²) in [6, 6.07) is 0. The third kappa shape index (κ3) is 4.14. The Hall–Kier alpha value is -0.380. The number of ether oxygens (including phenoxy) is 1. The molecule has 0 saturated carbocycles. The van der Waals surface area contributed by atoms with E-state index >= 15 is 0 Å². The van der Waals surface area contributed by atoms with Crippen molar-refractivity contribution in [2.24, 2.45) is 0 Å². The molecule has 3 nitrogen and oxygen atoms in total. The van der Waals surface area contributed by atoms with Crippen LogP contribution in [0, 0.1) is 0 Å². The molecule has 4 heteroatoms. The summed E-state index contributed by atoms with van der Waals surface area (Å²) >= 11 is 2.95. The van der Waals surface area contributed by atoms with Crippen LogP contribution in [0.15, 0.2) is 0 Å². The van der Waals surface area contributed by atoms with E-state index in [2.05, 4.69) is 20.7 Å². The first-order valence-corrected chi connectivity index (χ1v) is 3.31. The van der Waals surface area contributed by atoms with Crippen LogP contribution >= 0.6 is 15.9 Å². The summed E-state index contributed by atoms with van der Waals surface area (Å²) in [4.78, 5) is 20.5. The van der Waals surface area contributed by atoms with E-state index in [1.54, 1.807) is 6.92 Å². The van der Waals surface area contributed by atoms with Crippen LogP contribution < -0.4 is 0 Å². The molecule has 0 spiro atoms. The van der Waals surface area contributed by atoms with E-state index < -0.39 is 16.8 Å². The van der Waals surface area contributed by atoms with E-state index in [0.29, 0.717) is 0 Å². The highest BCUT2D eigenvalue weighted by Crippen LogP contribution is 1.99. The molecule has 0 aromatic carbocycles. The Morgan fingerprint density at radius 3 is 2.11 bits per heavy atom. The van der Waals surface area contributed by atoms with Crippen LogP contribution in [0.1, 0.15) is 13.8 Å². The first kappa shape index (κ1) is 8.62. The molecule has 0 aliphatic heterocycles. The molecule has 0 N–H and O–H groups in total. The van der Waals surface area contributed by atoms with Gasteiger partial charge in [-0.05, 0) is 22.9 Å². The molecular formula is C5H7BrO3. The molecule has 0 aromatic rings. The number of rotatable bonds is 2. The van der Waals surface area contributed by atoms with E-state index in [0.717, 1.165) is 6.92 Å². The molecule has 1 unspecified atom stereocenters. The third-order valence-electron chi connectivity index (χ3n) is 0.557. The Morgan fingerprint density at radius 1 is 1.56 bits per heavy atom. The van der Waals surface area contributed by atoms with Gasteiger partial charge in [-0.15, -0.1) is 0 Å². The quantitative estimate of drug-likeness (QED) is 0.372. The molecule has 52 valence electrons. The lowest BCUT2D eigenvalue weighted by atomic mass is 10.5. The normalized spacial score (nSPS) is 12.3. The zero-order valence-electron chi connectivity index (χ0n) is 5.18.